The summed E-state index contributed by atoms with van der Waals surface area (Å²) in [6.45, 7) is 6.12. The fourth-order valence-corrected chi connectivity index (χ4v) is 2.61. The van der Waals surface area contributed by atoms with E-state index in [2.05, 4.69) is 37.6 Å². The van der Waals surface area contributed by atoms with Gasteiger partial charge in [0, 0.05) is 26.7 Å². The predicted octanol–water partition coefficient (Wildman–Crippen LogP) is 0.582. The number of aromatic nitrogens is 3. The molecule has 0 radical (unpaired) electrons. The molecular weight excluding hydrogens is 381 g/mol. The monoisotopic (exact) mass is 407 g/mol. The highest BCUT2D eigenvalue weighted by Crippen LogP contribution is 2.15. The lowest BCUT2D eigenvalue weighted by molar-refractivity contribution is 0.267. The van der Waals surface area contributed by atoms with Gasteiger partial charge in [-0.2, -0.15) is 0 Å². The molecule has 1 unspecified atom stereocenters. The number of hydrogen-bond donors (Lipinski definition) is 2. The fourth-order valence-electron chi connectivity index (χ4n) is 2.61. The molecule has 21 heavy (non-hydrogen) atoms. The second kappa shape index (κ2) is 9.19. The van der Waals surface area contributed by atoms with Crippen LogP contribution in [0, 0.1) is 0 Å². The number of hydrogen-bond acceptors (Lipinski definition) is 4. The first kappa shape index (κ1) is 18.1. The summed E-state index contributed by atoms with van der Waals surface area (Å²) >= 11 is 0. The van der Waals surface area contributed by atoms with Gasteiger partial charge in [0.2, 0.25) is 0 Å². The van der Waals surface area contributed by atoms with E-state index in [9.17, 15) is 0 Å². The standard InChI is InChI=1S/C13H25N7.HI/c1-4-20-7-5-6-11(20)8-15-13(14-2)16-9-12-18-17-10-19(12)3;/h10-11H,4-9H2,1-3H3,(H2,14,15,16);1H. The van der Waals surface area contributed by atoms with E-state index in [0.717, 1.165) is 24.9 Å². The lowest BCUT2D eigenvalue weighted by Gasteiger charge is -2.23. The number of aryl methyl sites for hydroxylation is 1. The number of halogens is 1. The normalized spacial score (nSPS) is 19.4. The van der Waals surface area contributed by atoms with Crippen molar-refractivity contribution in [2.24, 2.45) is 12.0 Å². The largest absolute Gasteiger partial charge is 0.355 e. The van der Waals surface area contributed by atoms with Gasteiger partial charge in [-0.25, -0.2) is 0 Å². The van der Waals surface area contributed by atoms with Crippen molar-refractivity contribution in [2.45, 2.75) is 32.4 Å². The Kier molecular flexibility index (Phi) is 7.94. The minimum absolute atomic E-state index is 0. The molecule has 1 aromatic rings. The second-order valence-corrected chi connectivity index (χ2v) is 5.09. The van der Waals surface area contributed by atoms with Gasteiger partial charge in [-0.05, 0) is 25.9 Å². The van der Waals surface area contributed by atoms with Crippen molar-refractivity contribution in [1.82, 2.24) is 30.3 Å². The second-order valence-electron chi connectivity index (χ2n) is 5.09. The number of rotatable bonds is 5. The maximum atomic E-state index is 4.25. The van der Waals surface area contributed by atoms with Crippen LogP contribution in [0.3, 0.4) is 0 Å². The van der Waals surface area contributed by atoms with Crippen molar-refractivity contribution in [3.8, 4) is 0 Å². The minimum atomic E-state index is 0. The van der Waals surface area contributed by atoms with Crippen LogP contribution in [0.2, 0.25) is 0 Å². The zero-order valence-electron chi connectivity index (χ0n) is 13.0. The average molecular weight is 407 g/mol. The molecule has 2 N–H and O–H groups in total. The van der Waals surface area contributed by atoms with Crippen LogP contribution in [0.4, 0.5) is 0 Å². The van der Waals surface area contributed by atoms with Gasteiger partial charge in [-0.1, -0.05) is 6.92 Å². The molecule has 0 spiro atoms. The Hall–Kier alpha value is -0.900. The topological polar surface area (TPSA) is 70.4 Å². The van der Waals surface area contributed by atoms with E-state index in [1.807, 2.05) is 11.6 Å². The molecule has 0 bridgehead atoms. The van der Waals surface area contributed by atoms with Crippen molar-refractivity contribution >= 4 is 29.9 Å². The number of nitrogens with one attached hydrogen (secondary N) is 2. The molecule has 1 aliphatic rings. The molecule has 1 aromatic heterocycles. The van der Waals surface area contributed by atoms with Crippen molar-refractivity contribution in [3.63, 3.8) is 0 Å². The smallest absolute Gasteiger partial charge is 0.191 e. The fraction of sp³-hybridized carbons (Fsp3) is 0.769. The summed E-state index contributed by atoms with van der Waals surface area (Å²) < 4.78 is 1.90. The zero-order valence-corrected chi connectivity index (χ0v) is 15.4. The molecule has 0 aromatic carbocycles. The number of likely N-dealkylation sites (tertiary alicyclic amines) is 1. The number of nitrogens with zero attached hydrogens (tertiary/aromatic N) is 5. The highest BCUT2D eigenvalue weighted by atomic mass is 127. The van der Waals surface area contributed by atoms with Gasteiger partial charge < -0.3 is 15.2 Å². The van der Waals surface area contributed by atoms with Crippen LogP contribution in [-0.4, -0.2) is 58.3 Å². The summed E-state index contributed by atoms with van der Waals surface area (Å²) in [6.07, 6.45) is 4.26. The summed E-state index contributed by atoms with van der Waals surface area (Å²) in [4.78, 5) is 6.76. The molecular formula is C13H26IN7. The lowest BCUT2D eigenvalue weighted by atomic mass is 10.2. The van der Waals surface area contributed by atoms with E-state index in [4.69, 9.17) is 0 Å². The summed E-state index contributed by atoms with van der Waals surface area (Å²) in [5, 5.41) is 14.6. The summed E-state index contributed by atoms with van der Waals surface area (Å²) in [7, 11) is 3.73. The third-order valence-electron chi connectivity index (χ3n) is 3.85. The minimum Gasteiger partial charge on any atom is -0.355 e. The van der Waals surface area contributed by atoms with E-state index >= 15 is 0 Å². The average Bonchev–Trinajstić information content (AvgIpc) is 3.08. The Bertz CT molecular complexity index is 445. The Balaban J connectivity index is 0.00000220. The van der Waals surface area contributed by atoms with Gasteiger partial charge >= 0.3 is 0 Å². The van der Waals surface area contributed by atoms with Crippen LogP contribution >= 0.6 is 24.0 Å². The predicted molar refractivity (Wildman–Crippen MR) is 94.9 cm³/mol. The highest BCUT2D eigenvalue weighted by Gasteiger charge is 2.22. The van der Waals surface area contributed by atoms with Crippen molar-refractivity contribution < 1.29 is 0 Å². The quantitative estimate of drug-likeness (QED) is 0.425. The van der Waals surface area contributed by atoms with Crippen LogP contribution in [0.5, 0.6) is 0 Å². The van der Waals surface area contributed by atoms with E-state index in [-0.39, 0.29) is 24.0 Å². The third-order valence-corrected chi connectivity index (χ3v) is 3.85. The first-order valence-electron chi connectivity index (χ1n) is 7.26. The molecule has 2 rings (SSSR count). The maximum absolute atomic E-state index is 4.25. The molecule has 120 valence electrons. The van der Waals surface area contributed by atoms with Gasteiger partial charge in [-0.15, -0.1) is 34.2 Å². The Morgan fingerprint density at radius 1 is 1.48 bits per heavy atom. The van der Waals surface area contributed by atoms with Crippen molar-refractivity contribution in [2.75, 3.05) is 26.7 Å². The molecule has 7 nitrogen and oxygen atoms in total. The van der Waals surface area contributed by atoms with Crippen molar-refractivity contribution in [1.29, 1.82) is 0 Å². The molecule has 0 amide bonds. The van der Waals surface area contributed by atoms with E-state index < -0.39 is 0 Å². The first-order valence-corrected chi connectivity index (χ1v) is 7.26. The Morgan fingerprint density at radius 2 is 2.29 bits per heavy atom. The van der Waals surface area contributed by atoms with Crippen LogP contribution in [0.1, 0.15) is 25.6 Å². The first-order chi connectivity index (χ1) is 9.74. The number of guanidine groups is 1. The van der Waals surface area contributed by atoms with E-state index in [1.165, 1.54) is 19.4 Å². The zero-order chi connectivity index (χ0) is 14.4. The van der Waals surface area contributed by atoms with Crippen LogP contribution < -0.4 is 10.6 Å². The van der Waals surface area contributed by atoms with Crippen LogP contribution in [0.15, 0.2) is 11.3 Å². The summed E-state index contributed by atoms with van der Waals surface area (Å²) in [5.74, 6) is 1.71. The van der Waals surface area contributed by atoms with Gasteiger partial charge in [0.05, 0.1) is 6.54 Å². The lowest BCUT2D eigenvalue weighted by Crippen LogP contribution is -2.44. The van der Waals surface area contributed by atoms with Crippen LogP contribution in [-0.2, 0) is 13.6 Å². The molecule has 0 aliphatic carbocycles. The third kappa shape index (κ3) is 5.10. The SMILES string of the molecule is CCN1CCCC1CNC(=NC)NCc1nncn1C.I. The van der Waals surface area contributed by atoms with E-state index in [0.29, 0.717) is 12.6 Å². The van der Waals surface area contributed by atoms with E-state index in [1.54, 1.807) is 13.4 Å². The molecule has 0 saturated carbocycles. The number of likely N-dealkylation sites (N-methyl/N-ethyl adjacent to an activating group) is 1. The highest BCUT2D eigenvalue weighted by molar-refractivity contribution is 14.0. The summed E-state index contributed by atoms with van der Waals surface area (Å²) in [5.41, 5.74) is 0. The summed E-state index contributed by atoms with van der Waals surface area (Å²) in [6, 6.07) is 0.619. The molecule has 2 heterocycles. The molecule has 1 aliphatic heterocycles. The Labute approximate surface area is 143 Å². The molecule has 1 saturated heterocycles. The van der Waals surface area contributed by atoms with Gasteiger partial charge in [0.25, 0.3) is 0 Å². The van der Waals surface area contributed by atoms with Gasteiger partial charge in [0.15, 0.2) is 11.8 Å². The Morgan fingerprint density at radius 3 is 2.90 bits per heavy atom. The maximum Gasteiger partial charge on any atom is 0.191 e. The molecule has 8 heteroatoms. The van der Waals surface area contributed by atoms with Crippen molar-refractivity contribution in [3.05, 3.63) is 12.2 Å². The van der Waals surface area contributed by atoms with Gasteiger partial charge in [-0.3, -0.25) is 9.89 Å². The molecule has 1 fully saturated rings. The molecule has 1 atom stereocenters. The van der Waals surface area contributed by atoms with Gasteiger partial charge in [0.1, 0.15) is 6.33 Å². The van der Waals surface area contributed by atoms with Crippen LogP contribution in [0.25, 0.3) is 0 Å². The number of aliphatic imine (C=N–C) groups is 1.